The van der Waals surface area contributed by atoms with Crippen LogP contribution in [0, 0.1) is 6.92 Å². The van der Waals surface area contributed by atoms with Gasteiger partial charge in [-0.1, -0.05) is 53.6 Å². The number of carbonyl (C=O) groups excluding carboxylic acids is 3. The number of Topliss-reactive ketones (excluding diaryl/α,β-unsaturated/α-hetero) is 1. The van der Waals surface area contributed by atoms with Crippen LogP contribution in [0.15, 0.2) is 54.1 Å². The monoisotopic (exact) mass is 384 g/mol. The van der Waals surface area contributed by atoms with E-state index < -0.39 is 30.2 Å². The summed E-state index contributed by atoms with van der Waals surface area (Å²) in [6.07, 6.45) is 0. The fourth-order valence-electron chi connectivity index (χ4n) is 3.04. The minimum Gasteiger partial charge on any atom is -0.548 e. The molecule has 1 atom stereocenters. The maximum Gasteiger partial charge on any atom is 0.295 e. The number of carbonyl (C=O) groups is 3. The van der Waals surface area contributed by atoms with Crippen molar-refractivity contribution >= 4 is 35.0 Å². The van der Waals surface area contributed by atoms with Crippen LogP contribution in [0.4, 0.5) is 0 Å². The lowest BCUT2D eigenvalue weighted by atomic mass is 9.95. The van der Waals surface area contributed by atoms with Crippen LogP contribution in [0.25, 0.3) is 5.76 Å². The summed E-state index contributed by atoms with van der Waals surface area (Å²) in [5.41, 5.74) is 1.59. The second-order valence-corrected chi connectivity index (χ2v) is 6.65. The first kappa shape index (κ1) is 18.7. The largest absolute Gasteiger partial charge is 0.548 e. The van der Waals surface area contributed by atoms with Gasteiger partial charge in [0, 0.05) is 10.6 Å². The first-order valence-electron chi connectivity index (χ1n) is 8.10. The highest BCUT2D eigenvalue weighted by atomic mass is 35.5. The van der Waals surface area contributed by atoms with Crippen LogP contribution < -0.4 is 5.11 Å². The minimum absolute atomic E-state index is 0.174. The van der Waals surface area contributed by atoms with E-state index in [2.05, 4.69) is 0 Å². The van der Waals surface area contributed by atoms with E-state index in [0.717, 1.165) is 10.5 Å². The van der Waals surface area contributed by atoms with E-state index in [1.807, 2.05) is 6.92 Å². The van der Waals surface area contributed by atoms with E-state index in [4.69, 9.17) is 11.6 Å². The SMILES string of the molecule is Cc1ccc(C(O)=C2C(=O)C(=O)N(CC(=O)[O-])[C@H]2c2ccc(Cl)cc2)cc1. The average molecular weight is 385 g/mol. The first-order valence-corrected chi connectivity index (χ1v) is 8.48. The van der Waals surface area contributed by atoms with Crippen LogP contribution in [0.5, 0.6) is 0 Å². The highest BCUT2D eigenvalue weighted by Crippen LogP contribution is 2.39. The molecule has 7 heteroatoms. The summed E-state index contributed by atoms with van der Waals surface area (Å²) < 4.78 is 0. The molecule has 1 saturated heterocycles. The van der Waals surface area contributed by atoms with Gasteiger partial charge in [0.1, 0.15) is 5.76 Å². The summed E-state index contributed by atoms with van der Waals surface area (Å²) in [5.74, 6) is -3.83. The topological polar surface area (TPSA) is 97.7 Å². The normalized spacial score (nSPS) is 18.7. The zero-order valence-electron chi connectivity index (χ0n) is 14.3. The number of carboxylic acids is 1. The minimum atomic E-state index is -1.51. The summed E-state index contributed by atoms with van der Waals surface area (Å²) >= 11 is 5.89. The molecular weight excluding hydrogens is 370 g/mol. The van der Waals surface area contributed by atoms with E-state index in [9.17, 15) is 24.6 Å². The Morgan fingerprint density at radius 2 is 1.70 bits per heavy atom. The van der Waals surface area contributed by atoms with Crippen LogP contribution in [0.2, 0.25) is 5.02 Å². The number of hydrogen-bond acceptors (Lipinski definition) is 5. The number of rotatable bonds is 4. The summed E-state index contributed by atoms with van der Waals surface area (Å²) in [7, 11) is 0. The fourth-order valence-corrected chi connectivity index (χ4v) is 3.17. The summed E-state index contributed by atoms with van der Waals surface area (Å²) in [6.45, 7) is 1.10. The van der Waals surface area contributed by atoms with E-state index in [-0.39, 0.29) is 11.3 Å². The first-order chi connectivity index (χ1) is 12.8. The molecule has 0 saturated carbocycles. The number of aliphatic hydroxyl groups excluding tert-OH is 1. The van der Waals surface area contributed by atoms with E-state index in [0.29, 0.717) is 16.1 Å². The van der Waals surface area contributed by atoms with Gasteiger partial charge in [-0.3, -0.25) is 9.59 Å². The van der Waals surface area contributed by atoms with Crippen molar-refractivity contribution in [3.8, 4) is 0 Å². The van der Waals surface area contributed by atoms with E-state index in [1.54, 1.807) is 48.5 Å². The van der Waals surface area contributed by atoms with E-state index in [1.165, 1.54) is 0 Å². The number of carboxylic acid groups (broad SMARTS) is 1. The highest BCUT2D eigenvalue weighted by molar-refractivity contribution is 6.46. The van der Waals surface area contributed by atoms with Crippen LogP contribution in [-0.4, -0.2) is 34.2 Å². The number of aliphatic hydroxyl groups is 1. The van der Waals surface area contributed by atoms with E-state index >= 15 is 0 Å². The van der Waals surface area contributed by atoms with Crippen LogP contribution >= 0.6 is 11.6 Å². The molecule has 1 heterocycles. The summed E-state index contributed by atoms with van der Waals surface area (Å²) in [5, 5.41) is 22.3. The van der Waals surface area contributed by atoms with Gasteiger partial charge in [0.2, 0.25) is 0 Å². The zero-order valence-corrected chi connectivity index (χ0v) is 15.1. The van der Waals surface area contributed by atoms with Crippen LogP contribution in [-0.2, 0) is 14.4 Å². The number of hydrogen-bond donors (Lipinski definition) is 1. The van der Waals surface area contributed by atoms with Gasteiger partial charge in [0.15, 0.2) is 0 Å². The maximum absolute atomic E-state index is 12.6. The smallest absolute Gasteiger partial charge is 0.295 e. The van der Waals surface area contributed by atoms with Crippen molar-refractivity contribution in [3.63, 3.8) is 0 Å². The van der Waals surface area contributed by atoms with Crippen LogP contribution in [0.1, 0.15) is 22.7 Å². The van der Waals surface area contributed by atoms with Gasteiger partial charge in [-0.15, -0.1) is 0 Å². The molecule has 1 amide bonds. The van der Waals surface area contributed by atoms with Crippen molar-refractivity contribution in [1.29, 1.82) is 0 Å². The quantitative estimate of drug-likeness (QED) is 0.492. The number of nitrogens with zero attached hydrogens (tertiary/aromatic N) is 1. The number of amides is 1. The van der Waals surface area contributed by atoms with Gasteiger partial charge in [-0.25, -0.2) is 0 Å². The third-order valence-electron chi connectivity index (χ3n) is 4.35. The highest BCUT2D eigenvalue weighted by Gasteiger charge is 2.46. The van der Waals surface area contributed by atoms with Crippen LogP contribution in [0.3, 0.4) is 0 Å². The average Bonchev–Trinajstić information content (AvgIpc) is 2.87. The molecule has 0 aromatic heterocycles. The van der Waals surface area contributed by atoms with Gasteiger partial charge in [0.05, 0.1) is 24.1 Å². The molecule has 3 rings (SSSR count). The molecule has 138 valence electrons. The molecule has 27 heavy (non-hydrogen) atoms. The molecule has 2 aromatic rings. The molecule has 0 aliphatic carbocycles. The summed E-state index contributed by atoms with van der Waals surface area (Å²) in [4.78, 5) is 37.0. The van der Waals surface area contributed by atoms with Gasteiger partial charge in [-0.05, 0) is 24.6 Å². The number of halogens is 1. The zero-order chi connectivity index (χ0) is 19.7. The Morgan fingerprint density at radius 1 is 1.11 bits per heavy atom. The lowest BCUT2D eigenvalue weighted by Gasteiger charge is -2.25. The van der Waals surface area contributed by atoms with Gasteiger partial charge >= 0.3 is 0 Å². The molecule has 6 nitrogen and oxygen atoms in total. The third kappa shape index (κ3) is 3.57. The molecule has 0 radical (unpaired) electrons. The Balaban J connectivity index is 2.19. The molecule has 0 bridgehead atoms. The molecule has 1 aliphatic rings. The molecule has 1 aliphatic heterocycles. The van der Waals surface area contributed by atoms with Crippen molar-refractivity contribution in [2.24, 2.45) is 0 Å². The van der Waals surface area contributed by atoms with Gasteiger partial charge in [-0.2, -0.15) is 0 Å². The van der Waals surface area contributed by atoms with Gasteiger partial charge < -0.3 is 19.9 Å². The Morgan fingerprint density at radius 3 is 2.26 bits per heavy atom. The molecule has 2 aromatic carbocycles. The van der Waals surface area contributed by atoms with Crippen molar-refractivity contribution in [3.05, 3.63) is 75.8 Å². The standard InChI is InChI=1S/C20H16ClNO5/c1-11-2-4-13(5-3-11)18(25)16-17(12-6-8-14(21)9-7-12)22(10-15(23)24)20(27)19(16)26/h2-9,17,25H,10H2,1H3,(H,23,24)/p-1/t17-/m0/s1. The Labute approximate surface area is 160 Å². The predicted molar refractivity (Wildman–Crippen MR) is 96.6 cm³/mol. The van der Waals surface area contributed by atoms with Crippen molar-refractivity contribution < 1.29 is 24.6 Å². The Bertz CT molecular complexity index is 947. The number of ketones is 1. The maximum atomic E-state index is 12.6. The number of aliphatic carboxylic acids is 1. The third-order valence-corrected chi connectivity index (χ3v) is 4.60. The molecule has 1 N–H and O–H groups in total. The van der Waals surface area contributed by atoms with Crippen molar-refractivity contribution in [2.45, 2.75) is 13.0 Å². The molecule has 1 fully saturated rings. The Kier molecular flexibility index (Phi) is 5.01. The summed E-state index contributed by atoms with van der Waals surface area (Å²) in [6, 6.07) is 12.0. The lowest BCUT2D eigenvalue weighted by molar-refractivity contribution is -0.306. The molecule has 0 unspecified atom stereocenters. The second kappa shape index (κ2) is 7.25. The second-order valence-electron chi connectivity index (χ2n) is 6.22. The molecular formula is C20H15ClNO5-. The Hall–Kier alpha value is -3.12. The number of aryl methyl sites for hydroxylation is 1. The van der Waals surface area contributed by atoms with Gasteiger partial charge in [0.25, 0.3) is 11.7 Å². The van der Waals surface area contributed by atoms with Crippen molar-refractivity contribution in [2.75, 3.05) is 6.54 Å². The van der Waals surface area contributed by atoms with Crippen molar-refractivity contribution in [1.82, 2.24) is 4.90 Å². The lowest BCUT2D eigenvalue weighted by Crippen LogP contribution is -2.40. The number of benzene rings is 2. The predicted octanol–water partition coefficient (Wildman–Crippen LogP) is 1.82. The fraction of sp³-hybridized carbons (Fsp3) is 0.150. The molecule has 0 spiro atoms. The number of likely N-dealkylation sites (tertiary alicyclic amines) is 1.